The zero-order valence-corrected chi connectivity index (χ0v) is 10.6. The summed E-state index contributed by atoms with van der Waals surface area (Å²) in [6.07, 6.45) is 1.84. The van der Waals surface area contributed by atoms with Crippen molar-refractivity contribution in [3.05, 3.63) is 17.0 Å². The molecule has 0 fully saturated rings. The first-order valence-corrected chi connectivity index (χ1v) is 6.22. The molecule has 0 spiro atoms. The molecule has 0 amide bonds. The van der Waals surface area contributed by atoms with Crippen LogP contribution >= 0.6 is 24.0 Å². The number of hydrogen-bond acceptors (Lipinski definition) is 5. The second-order valence-corrected chi connectivity index (χ2v) is 5.64. The Bertz CT molecular complexity index is 470. The number of hydrogen-bond donors (Lipinski definition) is 1. The topological polar surface area (TPSA) is 38.7 Å². The van der Waals surface area contributed by atoms with E-state index in [1.165, 1.54) is 0 Å². The van der Waals surface area contributed by atoms with Gasteiger partial charge in [0.15, 0.2) is 5.65 Å². The van der Waals surface area contributed by atoms with Crippen LogP contribution < -0.4 is 0 Å². The Morgan fingerprint density at radius 3 is 2.60 bits per heavy atom. The van der Waals surface area contributed by atoms with Crippen LogP contribution in [0.4, 0.5) is 0 Å². The van der Waals surface area contributed by atoms with Crippen LogP contribution in [0.15, 0.2) is 6.20 Å². The van der Waals surface area contributed by atoms with Crippen LogP contribution in [0.1, 0.15) is 42.8 Å². The van der Waals surface area contributed by atoms with Crippen molar-refractivity contribution in [1.82, 2.24) is 15.0 Å². The molecule has 0 saturated carbocycles. The summed E-state index contributed by atoms with van der Waals surface area (Å²) in [4.78, 5) is 13.1. The van der Waals surface area contributed by atoms with E-state index in [4.69, 9.17) is 0 Å². The number of nitrogens with zero attached hydrogens (tertiary/aromatic N) is 3. The van der Waals surface area contributed by atoms with E-state index in [-0.39, 0.29) is 5.25 Å². The first-order chi connectivity index (χ1) is 7.08. The molecule has 0 aliphatic rings. The van der Waals surface area contributed by atoms with E-state index < -0.39 is 0 Å². The van der Waals surface area contributed by atoms with Gasteiger partial charge in [-0.15, -0.1) is 11.3 Å². The minimum atomic E-state index is 0.0543. The molecule has 2 heterocycles. The fraction of sp³-hybridized carbons (Fsp3) is 0.500. The molecule has 0 aliphatic carbocycles. The van der Waals surface area contributed by atoms with E-state index in [0.717, 1.165) is 21.2 Å². The van der Waals surface area contributed by atoms with Crippen LogP contribution in [-0.4, -0.2) is 15.0 Å². The van der Waals surface area contributed by atoms with Gasteiger partial charge >= 0.3 is 0 Å². The van der Waals surface area contributed by atoms with Crippen LogP contribution in [0.5, 0.6) is 0 Å². The van der Waals surface area contributed by atoms with Gasteiger partial charge in [0.25, 0.3) is 0 Å². The summed E-state index contributed by atoms with van der Waals surface area (Å²) in [7, 11) is 0. The van der Waals surface area contributed by atoms with Gasteiger partial charge in [-0.2, -0.15) is 12.6 Å². The van der Waals surface area contributed by atoms with Gasteiger partial charge in [-0.1, -0.05) is 13.8 Å². The maximum atomic E-state index is 4.49. The zero-order chi connectivity index (χ0) is 11.0. The first kappa shape index (κ1) is 10.8. The molecule has 3 nitrogen and oxygen atoms in total. The fourth-order valence-corrected chi connectivity index (χ4v) is 2.22. The van der Waals surface area contributed by atoms with Crippen molar-refractivity contribution in [2.45, 2.75) is 31.9 Å². The minimum Gasteiger partial charge on any atom is -0.239 e. The van der Waals surface area contributed by atoms with Crippen LogP contribution in [-0.2, 0) is 0 Å². The van der Waals surface area contributed by atoms with Crippen molar-refractivity contribution < 1.29 is 0 Å². The summed E-state index contributed by atoms with van der Waals surface area (Å²) < 4.78 is 1.05. The molecule has 1 atom stereocenters. The number of thiazole rings is 1. The predicted octanol–water partition coefficient (Wildman–Crippen LogP) is 3.20. The Balaban J connectivity index is 2.52. The molecule has 0 aliphatic heterocycles. The lowest BCUT2D eigenvalue weighted by Gasteiger charge is -1.99. The molecule has 5 heteroatoms. The van der Waals surface area contributed by atoms with E-state index in [1.54, 1.807) is 11.3 Å². The SMILES string of the molecule is CC(C)c1nc2nc(C(C)S)ncc2s1. The molecule has 0 radical (unpaired) electrons. The van der Waals surface area contributed by atoms with Crippen molar-refractivity contribution in [1.29, 1.82) is 0 Å². The van der Waals surface area contributed by atoms with Gasteiger partial charge in [-0.05, 0) is 6.92 Å². The Hall–Kier alpha value is -0.680. The highest BCUT2D eigenvalue weighted by atomic mass is 32.1. The van der Waals surface area contributed by atoms with E-state index in [9.17, 15) is 0 Å². The van der Waals surface area contributed by atoms with Crippen LogP contribution in [0.2, 0.25) is 0 Å². The second-order valence-electron chi connectivity index (χ2n) is 3.80. The van der Waals surface area contributed by atoms with Crippen molar-refractivity contribution in [3.8, 4) is 0 Å². The highest BCUT2D eigenvalue weighted by molar-refractivity contribution is 7.80. The van der Waals surface area contributed by atoms with Crippen LogP contribution in [0, 0.1) is 0 Å². The summed E-state index contributed by atoms with van der Waals surface area (Å²) in [6, 6.07) is 0. The molecule has 80 valence electrons. The van der Waals surface area contributed by atoms with E-state index in [2.05, 4.69) is 41.4 Å². The Labute approximate surface area is 98.4 Å². The third-order valence-electron chi connectivity index (χ3n) is 2.05. The molecular weight excluding hydrogens is 226 g/mol. The molecule has 0 N–H and O–H groups in total. The molecule has 0 saturated heterocycles. The largest absolute Gasteiger partial charge is 0.239 e. The van der Waals surface area contributed by atoms with Gasteiger partial charge in [0.2, 0.25) is 0 Å². The van der Waals surface area contributed by atoms with Crippen molar-refractivity contribution in [2.75, 3.05) is 0 Å². The average molecular weight is 239 g/mol. The van der Waals surface area contributed by atoms with Crippen LogP contribution in [0.3, 0.4) is 0 Å². The van der Waals surface area contributed by atoms with Gasteiger partial charge in [0.1, 0.15) is 5.82 Å². The third-order valence-corrected chi connectivity index (χ3v) is 3.56. The van der Waals surface area contributed by atoms with Gasteiger partial charge in [-0.3, -0.25) is 0 Å². The van der Waals surface area contributed by atoms with Gasteiger partial charge in [-0.25, -0.2) is 15.0 Å². The molecule has 0 aromatic carbocycles. The normalized spacial score (nSPS) is 13.7. The summed E-state index contributed by atoms with van der Waals surface area (Å²) in [5, 5.41) is 1.17. The molecule has 2 aromatic heterocycles. The molecule has 0 bridgehead atoms. The van der Waals surface area contributed by atoms with Crippen molar-refractivity contribution in [3.63, 3.8) is 0 Å². The smallest absolute Gasteiger partial charge is 0.174 e. The molecule has 15 heavy (non-hydrogen) atoms. The first-order valence-electron chi connectivity index (χ1n) is 4.89. The minimum absolute atomic E-state index is 0.0543. The Kier molecular flexibility index (Phi) is 2.93. The standard InChI is InChI=1S/C10H13N3S2/c1-5(2)10-13-9-7(15-10)4-11-8(12-9)6(3)14/h4-6,14H,1-3H3. The van der Waals surface area contributed by atoms with E-state index in [1.807, 2.05) is 13.1 Å². The van der Waals surface area contributed by atoms with Crippen molar-refractivity contribution in [2.24, 2.45) is 0 Å². The monoisotopic (exact) mass is 239 g/mol. The molecule has 1 unspecified atom stereocenters. The van der Waals surface area contributed by atoms with Crippen LogP contribution in [0.25, 0.3) is 10.3 Å². The Morgan fingerprint density at radius 1 is 1.27 bits per heavy atom. The number of thiol groups is 1. The number of aromatic nitrogens is 3. The predicted molar refractivity (Wildman–Crippen MR) is 66.7 cm³/mol. The lowest BCUT2D eigenvalue weighted by atomic mass is 10.2. The lowest BCUT2D eigenvalue weighted by molar-refractivity contribution is 0.852. The Morgan fingerprint density at radius 2 is 2.00 bits per heavy atom. The summed E-state index contributed by atoms with van der Waals surface area (Å²) in [5.41, 5.74) is 0.801. The molecule has 2 aromatic rings. The maximum absolute atomic E-state index is 4.49. The quantitative estimate of drug-likeness (QED) is 0.818. The van der Waals surface area contributed by atoms with Gasteiger partial charge in [0.05, 0.1) is 21.2 Å². The summed E-state index contributed by atoms with van der Waals surface area (Å²) in [6.45, 7) is 6.22. The number of rotatable bonds is 2. The molecular formula is C10H13N3S2. The highest BCUT2D eigenvalue weighted by Gasteiger charge is 2.11. The van der Waals surface area contributed by atoms with E-state index in [0.29, 0.717) is 5.92 Å². The highest BCUT2D eigenvalue weighted by Crippen LogP contribution is 2.26. The second kappa shape index (κ2) is 4.06. The summed E-state index contributed by atoms with van der Waals surface area (Å²) >= 11 is 5.98. The average Bonchev–Trinajstić information content (AvgIpc) is 2.59. The maximum Gasteiger partial charge on any atom is 0.174 e. The van der Waals surface area contributed by atoms with Gasteiger partial charge < -0.3 is 0 Å². The third kappa shape index (κ3) is 2.13. The van der Waals surface area contributed by atoms with Gasteiger partial charge in [0, 0.05) is 5.92 Å². The fourth-order valence-electron chi connectivity index (χ4n) is 1.22. The van der Waals surface area contributed by atoms with Crippen molar-refractivity contribution >= 4 is 34.3 Å². The summed E-state index contributed by atoms with van der Waals surface area (Å²) in [5.74, 6) is 1.19. The lowest BCUT2D eigenvalue weighted by Crippen LogP contribution is -1.94. The zero-order valence-electron chi connectivity index (χ0n) is 8.93. The number of fused-ring (bicyclic) bond motifs is 1. The van der Waals surface area contributed by atoms with E-state index >= 15 is 0 Å². The molecule has 2 rings (SSSR count).